The van der Waals surface area contributed by atoms with E-state index in [1.54, 1.807) is 7.11 Å². The predicted octanol–water partition coefficient (Wildman–Crippen LogP) is 4.07. The van der Waals surface area contributed by atoms with E-state index in [4.69, 9.17) is 4.74 Å². The van der Waals surface area contributed by atoms with E-state index in [-0.39, 0.29) is 18.0 Å². The fourth-order valence-electron chi connectivity index (χ4n) is 5.12. The average Bonchev–Trinajstić information content (AvgIpc) is 2.89. The van der Waals surface area contributed by atoms with E-state index in [1.165, 1.54) is 16.9 Å². The molecule has 29 heavy (non-hydrogen) atoms. The number of methoxy groups -OCH3 is 1. The number of urea groups is 1. The molecule has 1 aliphatic carbocycles. The molecule has 3 aliphatic rings. The largest absolute Gasteiger partial charge is 0.497 e. The molecule has 1 saturated carbocycles. The standard InChI is InChI=1S/C23H33N3O3/c1-17-11-13-23(14-12-17)21(27)26(22(28)24-23)16-25-15-5-3-4-6-20(25)18-7-9-19(29-2)10-8-18/h7-10,17,20H,3-6,11-16H2,1-2H3,(H,24,28)/t17?,20-,23?/m0/s1. The second-order valence-corrected chi connectivity index (χ2v) is 9.02. The zero-order valence-corrected chi connectivity index (χ0v) is 17.7. The molecule has 1 atom stereocenters. The molecule has 1 spiro atoms. The molecule has 158 valence electrons. The van der Waals surface area contributed by atoms with Crippen LogP contribution in [0, 0.1) is 5.92 Å². The van der Waals surface area contributed by atoms with Gasteiger partial charge in [0.2, 0.25) is 0 Å². The van der Waals surface area contributed by atoms with Gasteiger partial charge < -0.3 is 10.1 Å². The van der Waals surface area contributed by atoms with Gasteiger partial charge in [0.25, 0.3) is 5.91 Å². The maximum absolute atomic E-state index is 13.3. The van der Waals surface area contributed by atoms with Gasteiger partial charge in [-0.3, -0.25) is 9.69 Å². The minimum Gasteiger partial charge on any atom is -0.497 e. The molecule has 3 amide bonds. The van der Waals surface area contributed by atoms with E-state index >= 15 is 0 Å². The molecular weight excluding hydrogens is 366 g/mol. The molecule has 0 aromatic heterocycles. The van der Waals surface area contributed by atoms with Crippen molar-refractivity contribution in [2.45, 2.75) is 69.9 Å². The average molecular weight is 400 g/mol. The van der Waals surface area contributed by atoms with Gasteiger partial charge in [0, 0.05) is 12.6 Å². The van der Waals surface area contributed by atoms with Crippen molar-refractivity contribution in [3.8, 4) is 5.75 Å². The van der Waals surface area contributed by atoms with Crippen molar-refractivity contribution in [1.29, 1.82) is 0 Å². The van der Waals surface area contributed by atoms with E-state index in [9.17, 15) is 9.59 Å². The van der Waals surface area contributed by atoms with Crippen LogP contribution in [0.15, 0.2) is 24.3 Å². The Morgan fingerprint density at radius 2 is 1.79 bits per heavy atom. The number of likely N-dealkylation sites (tertiary alicyclic amines) is 1. The van der Waals surface area contributed by atoms with Gasteiger partial charge in [-0.05, 0) is 62.1 Å². The summed E-state index contributed by atoms with van der Waals surface area (Å²) >= 11 is 0. The quantitative estimate of drug-likeness (QED) is 0.776. The lowest BCUT2D eigenvalue weighted by Gasteiger charge is -2.35. The van der Waals surface area contributed by atoms with Crippen LogP contribution in [0.1, 0.15) is 69.9 Å². The van der Waals surface area contributed by atoms with E-state index in [0.29, 0.717) is 12.6 Å². The number of nitrogens with one attached hydrogen (secondary N) is 1. The highest BCUT2D eigenvalue weighted by Crippen LogP contribution is 2.37. The summed E-state index contributed by atoms with van der Waals surface area (Å²) in [5.74, 6) is 1.45. The third-order valence-electron chi connectivity index (χ3n) is 7.06. The van der Waals surface area contributed by atoms with Crippen molar-refractivity contribution < 1.29 is 14.3 Å². The molecule has 1 N–H and O–H groups in total. The van der Waals surface area contributed by atoms with Crippen molar-refractivity contribution in [1.82, 2.24) is 15.1 Å². The van der Waals surface area contributed by atoms with E-state index in [1.807, 2.05) is 12.1 Å². The van der Waals surface area contributed by atoms with Gasteiger partial charge in [0.1, 0.15) is 11.3 Å². The number of ether oxygens (including phenoxy) is 1. The smallest absolute Gasteiger partial charge is 0.326 e. The first-order valence-corrected chi connectivity index (χ1v) is 11.0. The summed E-state index contributed by atoms with van der Waals surface area (Å²) in [6, 6.07) is 8.19. The van der Waals surface area contributed by atoms with Crippen LogP contribution in [-0.4, -0.2) is 47.6 Å². The highest BCUT2D eigenvalue weighted by molar-refractivity contribution is 6.07. The van der Waals surface area contributed by atoms with Crippen LogP contribution in [-0.2, 0) is 4.79 Å². The van der Waals surface area contributed by atoms with Crippen molar-refractivity contribution in [2.24, 2.45) is 5.92 Å². The second kappa shape index (κ2) is 8.34. The molecule has 0 radical (unpaired) electrons. The Kier molecular flexibility index (Phi) is 5.81. The van der Waals surface area contributed by atoms with Crippen molar-refractivity contribution in [2.75, 3.05) is 20.3 Å². The van der Waals surface area contributed by atoms with Gasteiger partial charge in [0.15, 0.2) is 0 Å². The van der Waals surface area contributed by atoms with Crippen LogP contribution < -0.4 is 10.1 Å². The summed E-state index contributed by atoms with van der Waals surface area (Å²) in [4.78, 5) is 29.8. The number of carbonyl (C=O) groups excluding carboxylic acids is 2. The van der Waals surface area contributed by atoms with Crippen LogP contribution in [0.25, 0.3) is 0 Å². The van der Waals surface area contributed by atoms with E-state index in [0.717, 1.165) is 57.2 Å². The van der Waals surface area contributed by atoms with Gasteiger partial charge >= 0.3 is 6.03 Å². The van der Waals surface area contributed by atoms with Crippen LogP contribution in [0.2, 0.25) is 0 Å². The monoisotopic (exact) mass is 399 g/mol. The Morgan fingerprint density at radius 1 is 1.07 bits per heavy atom. The second-order valence-electron chi connectivity index (χ2n) is 9.02. The van der Waals surface area contributed by atoms with Crippen molar-refractivity contribution in [3.05, 3.63) is 29.8 Å². The summed E-state index contributed by atoms with van der Waals surface area (Å²) in [5.41, 5.74) is 0.561. The summed E-state index contributed by atoms with van der Waals surface area (Å²) in [7, 11) is 1.67. The molecule has 0 bridgehead atoms. The number of imide groups is 1. The summed E-state index contributed by atoms with van der Waals surface area (Å²) < 4.78 is 5.30. The number of amides is 3. The topological polar surface area (TPSA) is 61.9 Å². The highest BCUT2D eigenvalue weighted by Gasteiger charge is 2.52. The molecular formula is C23H33N3O3. The van der Waals surface area contributed by atoms with E-state index in [2.05, 4.69) is 29.3 Å². The van der Waals surface area contributed by atoms with Gasteiger partial charge in [-0.15, -0.1) is 0 Å². The normalized spacial score (nSPS) is 31.0. The fraction of sp³-hybridized carbons (Fsp3) is 0.652. The van der Waals surface area contributed by atoms with Crippen molar-refractivity contribution in [3.63, 3.8) is 0 Å². The third kappa shape index (κ3) is 4.00. The summed E-state index contributed by atoms with van der Waals surface area (Å²) in [6.07, 6.45) is 8.00. The number of rotatable bonds is 4. The molecule has 3 fully saturated rings. The lowest BCUT2D eigenvalue weighted by molar-refractivity contribution is -0.134. The first-order chi connectivity index (χ1) is 14.0. The summed E-state index contributed by atoms with van der Waals surface area (Å²) in [5, 5.41) is 3.06. The number of benzene rings is 1. The first-order valence-electron chi connectivity index (χ1n) is 11.0. The number of carbonyl (C=O) groups is 2. The number of hydrogen-bond acceptors (Lipinski definition) is 4. The number of hydrogen-bond donors (Lipinski definition) is 1. The lowest BCUT2D eigenvalue weighted by atomic mass is 9.77. The molecule has 1 aromatic carbocycles. The Bertz CT molecular complexity index is 740. The SMILES string of the molecule is COc1ccc([C@@H]2CCCCCN2CN2C(=O)NC3(CCC(C)CC3)C2=O)cc1. The molecule has 4 rings (SSSR count). The molecule has 6 heteroatoms. The fourth-order valence-corrected chi connectivity index (χ4v) is 5.12. The maximum Gasteiger partial charge on any atom is 0.326 e. The first kappa shape index (κ1) is 20.2. The van der Waals surface area contributed by atoms with Crippen LogP contribution in [0.5, 0.6) is 5.75 Å². The molecule has 6 nitrogen and oxygen atoms in total. The zero-order chi connectivity index (χ0) is 20.4. The molecule has 1 aromatic rings. The van der Waals surface area contributed by atoms with Crippen molar-refractivity contribution >= 4 is 11.9 Å². The molecule has 2 saturated heterocycles. The molecule has 0 unspecified atom stereocenters. The van der Waals surface area contributed by atoms with Gasteiger partial charge in [-0.2, -0.15) is 0 Å². The minimum atomic E-state index is -0.662. The maximum atomic E-state index is 13.3. The van der Waals surface area contributed by atoms with Crippen LogP contribution in [0.3, 0.4) is 0 Å². The Hall–Kier alpha value is -2.08. The lowest BCUT2D eigenvalue weighted by Crippen LogP contribution is -2.50. The summed E-state index contributed by atoms with van der Waals surface area (Å²) in [6.45, 7) is 3.50. The highest BCUT2D eigenvalue weighted by atomic mass is 16.5. The number of nitrogens with zero attached hydrogens (tertiary/aromatic N) is 2. The third-order valence-corrected chi connectivity index (χ3v) is 7.06. The predicted molar refractivity (Wildman–Crippen MR) is 112 cm³/mol. The van der Waals surface area contributed by atoms with Gasteiger partial charge in [-0.1, -0.05) is 31.9 Å². The van der Waals surface area contributed by atoms with Gasteiger partial charge in [0.05, 0.1) is 13.8 Å². The zero-order valence-electron chi connectivity index (χ0n) is 17.7. The minimum absolute atomic E-state index is 0.0212. The van der Waals surface area contributed by atoms with Gasteiger partial charge in [-0.25, -0.2) is 9.69 Å². The molecule has 2 heterocycles. The van der Waals surface area contributed by atoms with Crippen LogP contribution in [0.4, 0.5) is 4.79 Å². The molecule has 2 aliphatic heterocycles. The Labute approximate surface area is 173 Å². The van der Waals surface area contributed by atoms with Crippen LogP contribution >= 0.6 is 0 Å². The van der Waals surface area contributed by atoms with E-state index < -0.39 is 5.54 Å². The Morgan fingerprint density at radius 3 is 2.48 bits per heavy atom. The Balaban J connectivity index is 1.52.